The SMILES string of the molecule is COc1ccc(-c2cccc(Oc3ccc(C(O)Nc4ccccc4)cc3S(=O)(=O)NC(=O)NC(C)(C)C)c2)cc1. The molecule has 0 fully saturated rings. The molecule has 0 aromatic heterocycles. The third kappa shape index (κ3) is 8.00. The first-order valence-electron chi connectivity index (χ1n) is 12.8. The third-order valence-corrected chi connectivity index (χ3v) is 7.20. The van der Waals surface area contributed by atoms with Crippen molar-refractivity contribution in [3.05, 3.63) is 103 Å². The van der Waals surface area contributed by atoms with Gasteiger partial charge in [0.2, 0.25) is 0 Å². The number of rotatable bonds is 9. The summed E-state index contributed by atoms with van der Waals surface area (Å²) in [6.45, 7) is 5.20. The minimum absolute atomic E-state index is 0.0244. The van der Waals surface area contributed by atoms with Crippen LogP contribution in [0.5, 0.6) is 17.2 Å². The van der Waals surface area contributed by atoms with Crippen LogP contribution in [-0.4, -0.2) is 32.2 Å². The Hall–Kier alpha value is -4.54. The Bertz CT molecular complexity index is 1600. The number of carbonyl (C=O) groups is 1. The highest BCUT2D eigenvalue weighted by Crippen LogP contribution is 2.34. The molecule has 0 radical (unpaired) electrons. The molecule has 0 aliphatic carbocycles. The molecule has 0 heterocycles. The van der Waals surface area contributed by atoms with E-state index in [2.05, 4.69) is 10.6 Å². The lowest BCUT2D eigenvalue weighted by Gasteiger charge is -2.21. The topological polar surface area (TPSA) is 126 Å². The minimum Gasteiger partial charge on any atom is -0.497 e. The average molecular weight is 576 g/mol. The van der Waals surface area contributed by atoms with Gasteiger partial charge in [-0.3, -0.25) is 0 Å². The number of aliphatic hydroxyl groups excluding tert-OH is 1. The molecule has 10 heteroatoms. The molecule has 2 amide bonds. The summed E-state index contributed by atoms with van der Waals surface area (Å²) < 4.78 is 40.2. The molecule has 4 rings (SSSR count). The number of para-hydroxylation sites is 1. The van der Waals surface area contributed by atoms with E-state index in [1.807, 2.05) is 41.1 Å². The van der Waals surface area contributed by atoms with Gasteiger partial charge in [0.15, 0.2) is 6.23 Å². The zero-order chi connectivity index (χ0) is 29.6. The molecular formula is C31H33N3O6S. The maximum absolute atomic E-state index is 13.5. The number of aliphatic hydroxyl groups is 1. The highest BCUT2D eigenvalue weighted by atomic mass is 32.2. The number of hydrogen-bond acceptors (Lipinski definition) is 7. The molecule has 4 aromatic carbocycles. The largest absolute Gasteiger partial charge is 0.497 e. The normalized spacial score (nSPS) is 12.2. The summed E-state index contributed by atoms with van der Waals surface area (Å²) in [7, 11) is -2.83. The van der Waals surface area contributed by atoms with Crippen molar-refractivity contribution in [2.45, 2.75) is 37.4 Å². The maximum atomic E-state index is 13.5. The van der Waals surface area contributed by atoms with Crippen LogP contribution in [0.15, 0.2) is 102 Å². The lowest BCUT2D eigenvalue weighted by molar-refractivity contribution is 0.208. The van der Waals surface area contributed by atoms with Crippen molar-refractivity contribution in [3.8, 4) is 28.4 Å². The molecule has 0 bridgehead atoms. The van der Waals surface area contributed by atoms with Gasteiger partial charge in [0.05, 0.1) is 7.11 Å². The van der Waals surface area contributed by atoms with E-state index in [-0.39, 0.29) is 16.2 Å². The van der Waals surface area contributed by atoms with E-state index in [1.165, 1.54) is 12.1 Å². The van der Waals surface area contributed by atoms with Gasteiger partial charge in [-0.1, -0.05) is 48.5 Å². The number of methoxy groups -OCH3 is 1. The number of ether oxygens (including phenoxy) is 2. The summed E-state index contributed by atoms with van der Waals surface area (Å²) in [5.41, 5.74) is 1.98. The van der Waals surface area contributed by atoms with Gasteiger partial charge in [0, 0.05) is 16.8 Å². The van der Waals surface area contributed by atoms with Crippen LogP contribution in [0.1, 0.15) is 32.6 Å². The number of nitrogens with one attached hydrogen (secondary N) is 3. The number of urea groups is 1. The predicted molar refractivity (Wildman–Crippen MR) is 159 cm³/mol. The van der Waals surface area contributed by atoms with E-state index in [1.54, 1.807) is 76.4 Å². The molecule has 0 saturated carbocycles. The fourth-order valence-electron chi connectivity index (χ4n) is 3.96. The van der Waals surface area contributed by atoms with Crippen LogP contribution in [0.2, 0.25) is 0 Å². The summed E-state index contributed by atoms with van der Waals surface area (Å²) in [6, 6.07) is 27.0. The van der Waals surface area contributed by atoms with E-state index in [9.17, 15) is 18.3 Å². The van der Waals surface area contributed by atoms with Crippen molar-refractivity contribution in [3.63, 3.8) is 0 Å². The fourth-order valence-corrected chi connectivity index (χ4v) is 5.03. The predicted octanol–water partition coefficient (Wildman–Crippen LogP) is 6.04. The van der Waals surface area contributed by atoms with Crippen LogP contribution in [0.3, 0.4) is 0 Å². The van der Waals surface area contributed by atoms with Crippen molar-refractivity contribution in [1.29, 1.82) is 0 Å². The maximum Gasteiger partial charge on any atom is 0.329 e. The molecular weight excluding hydrogens is 542 g/mol. The van der Waals surface area contributed by atoms with Gasteiger partial charge in [-0.25, -0.2) is 17.9 Å². The van der Waals surface area contributed by atoms with E-state index >= 15 is 0 Å². The quantitative estimate of drug-likeness (QED) is 0.179. The van der Waals surface area contributed by atoms with Crippen molar-refractivity contribution in [1.82, 2.24) is 10.0 Å². The molecule has 4 aromatic rings. The number of anilines is 1. The molecule has 0 aliphatic rings. The van der Waals surface area contributed by atoms with Gasteiger partial charge < -0.3 is 25.2 Å². The second-order valence-electron chi connectivity index (χ2n) is 10.3. The highest BCUT2D eigenvalue weighted by Gasteiger charge is 2.26. The van der Waals surface area contributed by atoms with E-state index in [4.69, 9.17) is 9.47 Å². The Balaban J connectivity index is 1.68. The van der Waals surface area contributed by atoms with Crippen molar-refractivity contribution >= 4 is 21.7 Å². The second kappa shape index (κ2) is 12.3. The molecule has 41 heavy (non-hydrogen) atoms. The van der Waals surface area contributed by atoms with Crippen LogP contribution in [0, 0.1) is 0 Å². The van der Waals surface area contributed by atoms with Crippen LogP contribution >= 0.6 is 0 Å². The Morgan fingerprint density at radius 2 is 1.54 bits per heavy atom. The van der Waals surface area contributed by atoms with Gasteiger partial charge in [-0.05, 0) is 80.4 Å². The van der Waals surface area contributed by atoms with Gasteiger partial charge in [0.1, 0.15) is 22.1 Å². The van der Waals surface area contributed by atoms with Crippen LogP contribution in [-0.2, 0) is 10.0 Å². The molecule has 0 saturated heterocycles. The zero-order valence-electron chi connectivity index (χ0n) is 23.2. The zero-order valence-corrected chi connectivity index (χ0v) is 24.0. The fraction of sp³-hybridized carbons (Fsp3) is 0.194. The molecule has 9 nitrogen and oxygen atoms in total. The Kier molecular flexibility index (Phi) is 8.85. The number of sulfonamides is 1. The highest BCUT2D eigenvalue weighted by molar-refractivity contribution is 7.90. The standard InChI is InChI=1S/C31H33N3O6S/c1-31(2,3)33-30(36)34-41(37,38)28-20-23(29(35)32-24-10-6-5-7-11-24)15-18-27(28)40-26-12-8-9-22(19-26)21-13-16-25(39-4)17-14-21/h5-20,29,32,35H,1-4H3,(H2,33,34,36). The second-order valence-corrected chi connectivity index (χ2v) is 11.9. The molecule has 0 aliphatic heterocycles. The average Bonchev–Trinajstić information content (AvgIpc) is 2.92. The number of amides is 2. The van der Waals surface area contributed by atoms with Crippen molar-refractivity contribution in [2.24, 2.45) is 0 Å². The lowest BCUT2D eigenvalue weighted by atomic mass is 10.1. The van der Waals surface area contributed by atoms with E-state index in [0.717, 1.165) is 16.9 Å². The summed E-state index contributed by atoms with van der Waals surface area (Å²) in [6.07, 6.45) is -1.23. The minimum atomic E-state index is -4.42. The molecule has 0 spiro atoms. The smallest absolute Gasteiger partial charge is 0.329 e. The lowest BCUT2D eigenvalue weighted by Crippen LogP contribution is -2.48. The van der Waals surface area contributed by atoms with Gasteiger partial charge in [-0.15, -0.1) is 0 Å². The molecule has 1 unspecified atom stereocenters. The number of carbonyl (C=O) groups excluding carboxylic acids is 1. The summed E-state index contributed by atoms with van der Waals surface area (Å²) in [4.78, 5) is 12.2. The van der Waals surface area contributed by atoms with Gasteiger partial charge in [-0.2, -0.15) is 0 Å². The van der Waals surface area contributed by atoms with E-state index in [0.29, 0.717) is 11.4 Å². The van der Waals surface area contributed by atoms with Crippen LogP contribution in [0.25, 0.3) is 11.1 Å². The first-order chi connectivity index (χ1) is 19.4. The van der Waals surface area contributed by atoms with Crippen LogP contribution < -0.4 is 24.8 Å². The number of hydrogen-bond donors (Lipinski definition) is 4. The monoisotopic (exact) mass is 575 g/mol. The Labute approximate surface area is 240 Å². The third-order valence-electron chi connectivity index (χ3n) is 5.85. The molecule has 214 valence electrons. The summed E-state index contributed by atoms with van der Waals surface area (Å²) in [5, 5.41) is 16.3. The molecule has 4 N–H and O–H groups in total. The van der Waals surface area contributed by atoms with Crippen molar-refractivity contribution < 1.29 is 27.8 Å². The summed E-state index contributed by atoms with van der Waals surface area (Å²) >= 11 is 0. The van der Waals surface area contributed by atoms with Gasteiger partial charge >= 0.3 is 6.03 Å². The van der Waals surface area contributed by atoms with E-state index < -0.39 is 27.8 Å². The Morgan fingerprint density at radius 3 is 2.20 bits per heavy atom. The Morgan fingerprint density at radius 1 is 0.829 bits per heavy atom. The molecule has 1 atom stereocenters. The van der Waals surface area contributed by atoms with Gasteiger partial charge in [0.25, 0.3) is 10.0 Å². The number of benzene rings is 4. The first-order valence-corrected chi connectivity index (χ1v) is 14.3. The van der Waals surface area contributed by atoms with Crippen molar-refractivity contribution in [2.75, 3.05) is 12.4 Å². The summed E-state index contributed by atoms with van der Waals surface area (Å²) in [5.74, 6) is 1.08. The first kappa shape index (κ1) is 29.4. The van der Waals surface area contributed by atoms with Crippen LogP contribution in [0.4, 0.5) is 10.5 Å².